The molecule has 0 radical (unpaired) electrons. The van der Waals surface area contributed by atoms with E-state index in [4.69, 9.17) is 4.42 Å². The van der Waals surface area contributed by atoms with Crippen LogP contribution in [0.5, 0.6) is 0 Å². The lowest BCUT2D eigenvalue weighted by Crippen LogP contribution is -2.64. The van der Waals surface area contributed by atoms with E-state index >= 15 is 0 Å². The van der Waals surface area contributed by atoms with E-state index in [-0.39, 0.29) is 17.9 Å². The Morgan fingerprint density at radius 2 is 1.90 bits per heavy atom. The summed E-state index contributed by atoms with van der Waals surface area (Å²) in [5.74, 6) is 0.495. The van der Waals surface area contributed by atoms with Crippen LogP contribution in [0.3, 0.4) is 0 Å². The third-order valence-electron chi connectivity index (χ3n) is 7.07. The smallest absolute Gasteiger partial charge is 0.271 e. The number of nitrogens with zero attached hydrogens (tertiary/aromatic N) is 2. The third kappa shape index (κ3) is 3.44. The Balaban J connectivity index is 1.50. The van der Waals surface area contributed by atoms with Crippen LogP contribution in [-0.2, 0) is 17.9 Å². The van der Waals surface area contributed by atoms with Gasteiger partial charge in [0, 0.05) is 24.7 Å². The van der Waals surface area contributed by atoms with E-state index in [9.17, 15) is 9.59 Å². The van der Waals surface area contributed by atoms with Gasteiger partial charge in [-0.25, -0.2) is 0 Å². The third-order valence-corrected chi connectivity index (χ3v) is 7.07. The highest BCUT2D eigenvalue weighted by Gasteiger charge is 2.48. The van der Waals surface area contributed by atoms with Gasteiger partial charge in [-0.2, -0.15) is 0 Å². The molecule has 1 aliphatic carbocycles. The van der Waals surface area contributed by atoms with Crippen LogP contribution >= 0.6 is 0 Å². The van der Waals surface area contributed by atoms with Crippen molar-refractivity contribution in [2.24, 2.45) is 5.92 Å². The summed E-state index contributed by atoms with van der Waals surface area (Å²) in [6.07, 6.45) is 5.88. The van der Waals surface area contributed by atoms with Crippen LogP contribution in [0.1, 0.15) is 55.6 Å². The summed E-state index contributed by atoms with van der Waals surface area (Å²) in [6.45, 7) is 4.95. The average Bonchev–Trinajstić information content (AvgIpc) is 3.36. The number of carbonyl (C=O) groups excluding carboxylic acids is 2. The quantitative estimate of drug-likeness (QED) is 0.684. The Hall–Kier alpha value is -3.02. The number of hydrogen-bond donors (Lipinski definition) is 1. The summed E-state index contributed by atoms with van der Waals surface area (Å²) >= 11 is 0. The van der Waals surface area contributed by atoms with Gasteiger partial charge in [0.1, 0.15) is 11.2 Å². The molecule has 162 valence electrons. The number of benzene rings is 1. The molecule has 0 unspecified atom stereocenters. The van der Waals surface area contributed by atoms with Crippen molar-refractivity contribution in [2.75, 3.05) is 0 Å². The first-order chi connectivity index (χ1) is 15.0. The fourth-order valence-corrected chi connectivity index (χ4v) is 5.03. The van der Waals surface area contributed by atoms with Crippen molar-refractivity contribution in [3.05, 3.63) is 60.0 Å². The first-order valence-corrected chi connectivity index (χ1v) is 11.2. The van der Waals surface area contributed by atoms with Gasteiger partial charge in [-0.3, -0.25) is 9.59 Å². The Labute approximate surface area is 182 Å². The maximum Gasteiger partial charge on any atom is 0.271 e. The molecule has 1 atom stereocenters. The molecule has 1 aromatic carbocycles. The molecule has 0 spiro atoms. The van der Waals surface area contributed by atoms with Crippen molar-refractivity contribution in [2.45, 2.75) is 64.2 Å². The van der Waals surface area contributed by atoms with Crippen molar-refractivity contribution < 1.29 is 14.0 Å². The van der Waals surface area contributed by atoms with Gasteiger partial charge in [0.05, 0.1) is 18.3 Å². The number of fused-ring (bicyclic) bond motifs is 3. The van der Waals surface area contributed by atoms with Gasteiger partial charge >= 0.3 is 0 Å². The predicted molar refractivity (Wildman–Crippen MR) is 118 cm³/mol. The van der Waals surface area contributed by atoms with E-state index in [0.717, 1.165) is 36.8 Å². The van der Waals surface area contributed by atoms with E-state index in [1.54, 1.807) is 17.2 Å². The Morgan fingerprint density at radius 3 is 2.65 bits per heavy atom. The number of amides is 2. The molecule has 2 amide bonds. The van der Waals surface area contributed by atoms with E-state index in [1.165, 1.54) is 0 Å². The highest BCUT2D eigenvalue weighted by Crippen LogP contribution is 2.34. The summed E-state index contributed by atoms with van der Waals surface area (Å²) in [4.78, 5) is 29.0. The minimum Gasteiger partial charge on any atom is -0.463 e. The van der Waals surface area contributed by atoms with Crippen LogP contribution in [0.25, 0.3) is 11.1 Å². The van der Waals surface area contributed by atoms with E-state index < -0.39 is 5.54 Å². The molecular weight excluding hydrogens is 390 g/mol. The van der Waals surface area contributed by atoms with Crippen molar-refractivity contribution in [3.63, 3.8) is 0 Å². The number of carbonyl (C=O) groups is 2. The minimum atomic E-state index is -0.994. The zero-order valence-electron chi connectivity index (χ0n) is 18.1. The fourth-order valence-electron chi connectivity index (χ4n) is 5.03. The first-order valence-electron chi connectivity index (χ1n) is 11.2. The number of rotatable bonds is 4. The standard InChI is InChI=1S/C25H29N3O3/c1-17-8-10-19(11-9-17)26-24(30)25(2)16-27-20-12-13-31-22(20)14-21(27)23(29)28(25)15-18-6-4-3-5-7-18/h3-7,12-14,17,19H,8-11,15-16H2,1-2H3,(H,26,30)/t17?,19?,25-/m1/s1. The van der Waals surface area contributed by atoms with E-state index in [1.807, 2.05) is 47.9 Å². The summed E-state index contributed by atoms with van der Waals surface area (Å²) < 4.78 is 7.48. The zero-order valence-corrected chi connectivity index (χ0v) is 18.1. The number of furan rings is 1. The monoisotopic (exact) mass is 419 g/mol. The van der Waals surface area contributed by atoms with Crippen LogP contribution in [0.2, 0.25) is 0 Å². The molecule has 1 N–H and O–H groups in total. The van der Waals surface area contributed by atoms with Crippen molar-refractivity contribution in [1.82, 2.24) is 14.8 Å². The highest BCUT2D eigenvalue weighted by molar-refractivity contribution is 6.02. The molecule has 2 aliphatic rings. The molecule has 31 heavy (non-hydrogen) atoms. The minimum absolute atomic E-state index is 0.0765. The number of nitrogens with one attached hydrogen (secondary N) is 1. The summed E-state index contributed by atoms with van der Waals surface area (Å²) in [5, 5.41) is 3.28. The van der Waals surface area contributed by atoms with Crippen molar-refractivity contribution in [3.8, 4) is 0 Å². The van der Waals surface area contributed by atoms with E-state index in [2.05, 4.69) is 12.2 Å². The molecule has 3 heterocycles. The number of hydrogen-bond acceptors (Lipinski definition) is 3. The lowest BCUT2D eigenvalue weighted by molar-refractivity contribution is -0.134. The molecule has 0 bridgehead atoms. The average molecular weight is 420 g/mol. The van der Waals surface area contributed by atoms with Gasteiger partial charge < -0.3 is 19.2 Å². The van der Waals surface area contributed by atoms with Crippen LogP contribution in [0.4, 0.5) is 0 Å². The molecule has 6 heteroatoms. The van der Waals surface area contributed by atoms with Gasteiger partial charge in [-0.05, 0) is 44.1 Å². The summed E-state index contributed by atoms with van der Waals surface area (Å²) in [5.41, 5.74) is 2.11. The lowest BCUT2D eigenvalue weighted by atomic mass is 9.86. The first kappa shape index (κ1) is 19.9. The largest absolute Gasteiger partial charge is 0.463 e. The molecule has 1 aliphatic heterocycles. The Bertz CT molecular complexity index is 1110. The molecule has 0 saturated heterocycles. The van der Waals surface area contributed by atoms with Crippen LogP contribution in [0.15, 0.2) is 53.1 Å². The van der Waals surface area contributed by atoms with Crippen LogP contribution in [0, 0.1) is 5.92 Å². The summed E-state index contributed by atoms with van der Waals surface area (Å²) in [6, 6.07) is 13.7. The molecule has 6 nitrogen and oxygen atoms in total. The SMILES string of the molecule is CC1CCC(NC(=O)[C@@]2(C)Cn3c(cc4occc43)C(=O)N2Cc2ccccc2)CC1. The highest BCUT2D eigenvalue weighted by atomic mass is 16.3. The maximum absolute atomic E-state index is 13.7. The van der Waals surface area contributed by atoms with Gasteiger partial charge in [-0.1, -0.05) is 37.3 Å². The second-order valence-corrected chi connectivity index (χ2v) is 9.37. The van der Waals surface area contributed by atoms with Crippen LogP contribution < -0.4 is 5.32 Å². The fraction of sp³-hybridized carbons (Fsp3) is 0.440. The topological polar surface area (TPSA) is 67.5 Å². The Kier molecular flexibility index (Phi) is 4.88. The molecular formula is C25H29N3O3. The van der Waals surface area contributed by atoms with Gasteiger partial charge in [0.2, 0.25) is 5.91 Å². The van der Waals surface area contributed by atoms with Crippen LogP contribution in [-0.4, -0.2) is 32.9 Å². The second-order valence-electron chi connectivity index (χ2n) is 9.37. The molecule has 3 aromatic rings. The van der Waals surface area contributed by atoms with Crippen molar-refractivity contribution in [1.29, 1.82) is 0 Å². The molecule has 1 saturated carbocycles. The zero-order chi connectivity index (χ0) is 21.6. The van der Waals surface area contributed by atoms with Gasteiger partial charge in [0.25, 0.3) is 5.91 Å². The van der Waals surface area contributed by atoms with Gasteiger partial charge in [-0.15, -0.1) is 0 Å². The molecule has 5 rings (SSSR count). The second kappa shape index (κ2) is 7.59. The number of aromatic nitrogens is 1. The van der Waals surface area contributed by atoms with E-state index in [0.29, 0.717) is 30.3 Å². The van der Waals surface area contributed by atoms with Crippen molar-refractivity contribution >= 4 is 22.9 Å². The van der Waals surface area contributed by atoms with Gasteiger partial charge in [0.15, 0.2) is 5.58 Å². The Morgan fingerprint density at radius 1 is 1.16 bits per heavy atom. The normalized spacial score (nSPS) is 26.1. The molecule has 2 aromatic heterocycles. The lowest BCUT2D eigenvalue weighted by Gasteiger charge is -2.45. The summed E-state index contributed by atoms with van der Waals surface area (Å²) in [7, 11) is 0. The maximum atomic E-state index is 13.7. The predicted octanol–water partition coefficient (Wildman–Crippen LogP) is 4.34. The molecule has 1 fully saturated rings.